The summed E-state index contributed by atoms with van der Waals surface area (Å²) in [5.41, 5.74) is 1.19. The Kier molecular flexibility index (Phi) is 7.29. The van der Waals surface area contributed by atoms with Crippen LogP contribution in [-0.4, -0.2) is 44.7 Å². The lowest BCUT2D eigenvalue weighted by atomic mass is 10.1. The van der Waals surface area contributed by atoms with Crippen LogP contribution in [-0.2, 0) is 21.4 Å². The Labute approximate surface area is 182 Å². The number of nitrogens with one attached hydrogen (secondary N) is 2. The molecule has 3 rings (SSSR count). The molecule has 1 aliphatic rings. The average Bonchev–Trinajstić information content (AvgIpc) is 2.78. The number of hydrogen-bond acceptors (Lipinski definition) is 5. The second-order valence-corrected chi connectivity index (χ2v) is 9.33. The third kappa shape index (κ3) is 5.62. The summed E-state index contributed by atoms with van der Waals surface area (Å²) in [6.07, 6.45) is 2.62. The quantitative estimate of drug-likeness (QED) is 0.682. The Morgan fingerprint density at radius 2 is 1.77 bits per heavy atom. The van der Waals surface area contributed by atoms with Crippen molar-refractivity contribution in [3.63, 3.8) is 0 Å². The highest BCUT2D eigenvalue weighted by Crippen LogP contribution is 2.26. The number of piperidine rings is 1. The van der Waals surface area contributed by atoms with Gasteiger partial charge in [0.1, 0.15) is 5.75 Å². The molecule has 166 valence electrons. The van der Waals surface area contributed by atoms with E-state index >= 15 is 0 Å². The SMILES string of the molecule is COc1ccccc1NC(=O)c1cc(CNC(C)=O)cc(S(=O)(=O)N2CCCCC2)c1. The third-order valence-electron chi connectivity index (χ3n) is 5.08. The van der Waals surface area contributed by atoms with Gasteiger partial charge in [0.15, 0.2) is 0 Å². The van der Waals surface area contributed by atoms with Crippen molar-refractivity contribution in [1.82, 2.24) is 9.62 Å². The summed E-state index contributed by atoms with van der Waals surface area (Å²) in [6, 6.07) is 11.4. The first-order valence-corrected chi connectivity index (χ1v) is 11.6. The second kappa shape index (κ2) is 9.93. The van der Waals surface area contributed by atoms with Gasteiger partial charge in [-0.1, -0.05) is 18.6 Å². The summed E-state index contributed by atoms with van der Waals surface area (Å²) in [4.78, 5) is 24.4. The van der Waals surface area contributed by atoms with Crippen LogP contribution in [0, 0.1) is 0 Å². The number of para-hydroxylation sites is 2. The molecule has 1 saturated heterocycles. The smallest absolute Gasteiger partial charge is 0.255 e. The number of sulfonamides is 1. The minimum absolute atomic E-state index is 0.0439. The van der Waals surface area contributed by atoms with E-state index in [9.17, 15) is 18.0 Å². The Balaban J connectivity index is 1.96. The highest BCUT2D eigenvalue weighted by Gasteiger charge is 2.27. The van der Waals surface area contributed by atoms with Crippen molar-refractivity contribution >= 4 is 27.5 Å². The summed E-state index contributed by atoms with van der Waals surface area (Å²) >= 11 is 0. The van der Waals surface area contributed by atoms with Gasteiger partial charge in [-0.3, -0.25) is 9.59 Å². The minimum atomic E-state index is -3.75. The van der Waals surface area contributed by atoms with E-state index in [4.69, 9.17) is 4.74 Å². The predicted molar refractivity (Wildman–Crippen MR) is 118 cm³/mol. The maximum absolute atomic E-state index is 13.2. The first-order chi connectivity index (χ1) is 14.8. The van der Waals surface area contributed by atoms with E-state index in [0.29, 0.717) is 30.1 Å². The lowest BCUT2D eigenvalue weighted by Gasteiger charge is -2.26. The van der Waals surface area contributed by atoms with Gasteiger partial charge in [0.05, 0.1) is 17.7 Å². The zero-order valence-electron chi connectivity index (χ0n) is 17.7. The van der Waals surface area contributed by atoms with Crippen LogP contribution in [0.2, 0.25) is 0 Å². The van der Waals surface area contributed by atoms with Crippen molar-refractivity contribution in [3.05, 3.63) is 53.6 Å². The third-order valence-corrected chi connectivity index (χ3v) is 6.95. The van der Waals surface area contributed by atoms with Crippen molar-refractivity contribution in [1.29, 1.82) is 0 Å². The first kappa shape index (κ1) is 22.8. The lowest BCUT2D eigenvalue weighted by molar-refractivity contribution is -0.119. The molecule has 0 saturated carbocycles. The number of hydrogen-bond donors (Lipinski definition) is 2. The number of amides is 2. The Morgan fingerprint density at radius 1 is 1.06 bits per heavy atom. The fraction of sp³-hybridized carbons (Fsp3) is 0.364. The molecule has 1 aliphatic heterocycles. The van der Waals surface area contributed by atoms with Gasteiger partial charge in [-0.15, -0.1) is 0 Å². The average molecular weight is 446 g/mol. The summed E-state index contributed by atoms with van der Waals surface area (Å²) in [7, 11) is -2.25. The Morgan fingerprint density at radius 3 is 2.45 bits per heavy atom. The zero-order chi connectivity index (χ0) is 22.4. The topological polar surface area (TPSA) is 105 Å². The molecular formula is C22H27N3O5S. The molecule has 31 heavy (non-hydrogen) atoms. The van der Waals surface area contributed by atoms with Gasteiger partial charge in [0.2, 0.25) is 15.9 Å². The molecule has 2 N–H and O–H groups in total. The molecule has 8 nitrogen and oxygen atoms in total. The molecule has 0 unspecified atom stereocenters. The van der Waals surface area contributed by atoms with Gasteiger partial charge >= 0.3 is 0 Å². The van der Waals surface area contributed by atoms with Gasteiger partial charge < -0.3 is 15.4 Å². The van der Waals surface area contributed by atoms with Crippen molar-refractivity contribution in [3.8, 4) is 5.75 Å². The number of nitrogens with zero attached hydrogens (tertiary/aromatic N) is 1. The largest absolute Gasteiger partial charge is 0.495 e. The van der Waals surface area contributed by atoms with E-state index in [1.165, 1.54) is 30.5 Å². The van der Waals surface area contributed by atoms with Crippen LogP contribution in [0.4, 0.5) is 5.69 Å². The molecule has 9 heteroatoms. The molecule has 2 aromatic carbocycles. The van der Waals surface area contributed by atoms with Gasteiger partial charge in [-0.25, -0.2) is 8.42 Å². The van der Waals surface area contributed by atoms with E-state index in [1.54, 1.807) is 30.3 Å². The molecule has 1 fully saturated rings. The number of carbonyl (C=O) groups excluding carboxylic acids is 2. The fourth-order valence-corrected chi connectivity index (χ4v) is 5.08. The summed E-state index contributed by atoms with van der Waals surface area (Å²) in [5, 5.41) is 5.42. The maximum Gasteiger partial charge on any atom is 0.255 e. The lowest BCUT2D eigenvalue weighted by Crippen LogP contribution is -2.35. The van der Waals surface area contributed by atoms with Crippen molar-refractivity contribution in [2.45, 2.75) is 37.6 Å². The van der Waals surface area contributed by atoms with Gasteiger partial charge in [-0.2, -0.15) is 4.31 Å². The predicted octanol–water partition coefficient (Wildman–Crippen LogP) is 2.76. The fourth-order valence-electron chi connectivity index (χ4n) is 3.47. The summed E-state index contributed by atoms with van der Waals surface area (Å²) in [5.74, 6) is -0.222. The molecule has 1 heterocycles. The summed E-state index contributed by atoms with van der Waals surface area (Å²) < 4.78 is 33.1. The van der Waals surface area contributed by atoms with Crippen LogP contribution in [0.15, 0.2) is 47.4 Å². The number of carbonyl (C=O) groups is 2. The van der Waals surface area contributed by atoms with Crippen LogP contribution in [0.1, 0.15) is 42.1 Å². The van der Waals surface area contributed by atoms with Crippen molar-refractivity contribution in [2.24, 2.45) is 0 Å². The first-order valence-electron chi connectivity index (χ1n) is 10.1. The molecule has 0 atom stereocenters. The molecule has 0 aliphatic carbocycles. The molecule has 0 spiro atoms. The van der Waals surface area contributed by atoms with E-state index in [-0.39, 0.29) is 22.9 Å². The number of anilines is 1. The highest BCUT2D eigenvalue weighted by molar-refractivity contribution is 7.89. The number of ether oxygens (including phenoxy) is 1. The molecule has 0 bridgehead atoms. The van der Waals surface area contributed by atoms with E-state index < -0.39 is 15.9 Å². The van der Waals surface area contributed by atoms with Crippen molar-refractivity contribution < 1.29 is 22.7 Å². The molecular weight excluding hydrogens is 418 g/mol. The minimum Gasteiger partial charge on any atom is -0.495 e. The number of benzene rings is 2. The highest BCUT2D eigenvalue weighted by atomic mass is 32.2. The molecule has 2 amide bonds. The van der Waals surface area contributed by atoms with E-state index in [1.807, 2.05) is 0 Å². The van der Waals surface area contributed by atoms with Crippen LogP contribution < -0.4 is 15.4 Å². The van der Waals surface area contributed by atoms with E-state index in [0.717, 1.165) is 19.3 Å². The number of methoxy groups -OCH3 is 1. The normalized spacial score (nSPS) is 14.6. The second-order valence-electron chi connectivity index (χ2n) is 7.39. The zero-order valence-corrected chi connectivity index (χ0v) is 18.5. The van der Waals surface area contributed by atoms with Gasteiger partial charge in [0, 0.05) is 32.1 Å². The molecule has 0 radical (unpaired) electrons. The van der Waals surface area contributed by atoms with Gasteiger partial charge in [-0.05, 0) is 48.7 Å². The maximum atomic E-state index is 13.2. The number of rotatable bonds is 7. The Hall–Kier alpha value is -2.91. The van der Waals surface area contributed by atoms with Crippen LogP contribution in [0.3, 0.4) is 0 Å². The van der Waals surface area contributed by atoms with Crippen LogP contribution in [0.5, 0.6) is 5.75 Å². The standard InChI is InChI=1S/C22H27N3O5S/c1-16(26)23-15-17-12-18(22(27)24-20-8-4-5-9-21(20)30-2)14-19(13-17)31(28,29)25-10-6-3-7-11-25/h4-5,8-9,12-14H,3,6-7,10-11,15H2,1-2H3,(H,23,26)(H,24,27). The molecule has 0 aromatic heterocycles. The van der Waals surface area contributed by atoms with Crippen molar-refractivity contribution in [2.75, 3.05) is 25.5 Å². The summed E-state index contributed by atoms with van der Waals surface area (Å²) in [6.45, 7) is 2.42. The van der Waals surface area contributed by atoms with Crippen LogP contribution in [0.25, 0.3) is 0 Å². The Bertz CT molecular complexity index is 1060. The van der Waals surface area contributed by atoms with Crippen LogP contribution >= 0.6 is 0 Å². The van der Waals surface area contributed by atoms with Gasteiger partial charge in [0.25, 0.3) is 5.91 Å². The van der Waals surface area contributed by atoms with E-state index in [2.05, 4.69) is 10.6 Å². The molecule has 2 aromatic rings. The monoisotopic (exact) mass is 445 g/mol.